The normalized spacial score (nSPS) is 13.4. The van der Waals surface area contributed by atoms with Crippen molar-refractivity contribution >= 4 is 39.1 Å². The maximum atomic E-state index is 12.3. The summed E-state index contributed by atoms with van der Waals surface area (Å²) in [6, 6.07) is 12.3. The van der Waals surface area contributed by atoms with Crippen LogP contribution in [0.4, 0.5) is 0 Å². The number of aryl methyl sites for hydroxylation is 1. The summed E-state index contributed by atoms with van der Waals surface area (Å²) < 4.78 is 1.11. The van der Waals surface area contributed by atoms with Crippen LogP contribution in [0, 0.1) is 0 Å². The number of halogens is 1. The van der Waals surface area contributed by atoms with E-state index in [-0.39, 0.29) is 18.4 Å². The number of nitrogens with zero attached hydrogens (tertiary/aromatic N) is 1. The van der Waals surface area contributed by atoms with Crippen molar-refractivity contribution in [1.29, 1.82) is 0 Å². The Morgan fingerprint density at radius 3 is 2.72 bits per heavy atom. The number of nitrogens with one attached hydrogen (secondary N) is 1. The van der Waals surface area contributed by atoms with Crippen molar-refractivity contribution in [3.8, 4) is 0 Å². The first-order valence-electron chi connectivity index (χ1n) is 8.47. The average molecular weight is 421 g/mol. The van der Waals surface area contributed by atoms with Crippen LogP contribution in [0.3, 0.4) is 0 Å². The van der Waals surface area contributed by atoms with Crippen molar-refractivity contribution in [2.45, 2.75) is 32.2 Å². The quantitative estimate of drug-likeness (QED) is 0.776. The van der Waals surface area contributed by atoms with Crippen molar-refractivity contribution in [2.24, 2.45) is 0 Å². The van der Waals surface area contributed by atoms with E-state index in [1.165, 1.54) is 16.0 Å². The van der Waals surface area contributed by atoms with Crippen LogP contribution >= 0.6 is 27.3 Å². The molecule has 0 bridgehead atoms. The molecule has 4 nitrogen and oxygen atoms in total. The van der Waals surface area contributed by atoms with Crippen molar-refractivity contribution < 1.29 is 9.59 Å². The zero-order chi connectivity index (χ0) is 17.6. The molecular formula is C19H21BrN2O2S. The van der Waals surface area contributed by atoms with Crippen LogP contribution in [0.2, 0.25) is 0 Å². The standard InChI is InChI=1S/C19H21BrN2O2S/c20-17-9-8-16(25-17)6-3-7-18(23)21-12-19(24)22-11-10-14-4-1-2-5-15(14)13-22/h1-2,4-5,8-9H,3,6-7,10-13H2,(H,21,23). The Morgan fingerprint density at radius 1 is 1.16 bits per heavy atom. The minimum absolute atomic E-state index is 0.00922. The first-order chi connectivity index (χ1) is 12.1. The number of benzene rings is 1. The smallest absolute Gasteiger partial charge is 0.242 e. The van der Waals surface area contributed by atoms with Crippen molar-refractivity contribution in [1.82, 2.24) is 10.2 Å². The highest BCUT2D eigenvalue weighted by atomic mass is 79.9. The molecule has 3 rings (SSSR count). The Bertz CT molecular complexity index is 759. The zero-order valence-electron chi connectivity index (χ0n) is 14.0. The summed E-state index contributed by atoms with van der Waals surface area (Å²) >= 11 is 5.13. The lowest BCUT2D eigenvalue weighted by atomic mass is 10.00. The highest BCUT2D eigenvalue weighted by Crippen LogP contribution is 2.23. The molecule has 132 valence electrons. The number of amides is 2. The monoisotopic (exact) mass is 420 g/mol. The van der Waals surface area contributed by atoms with Crippen LogP contribution in [0.1, 0.15) is 28.8 Å². The van der Waals surface area contributed by atoms with E-state index in [9.17, 15) is 9.59 Å². The molecule has 0 saturated carbocycles. The van der Waals surface area contributed by atoms with Gasteiger partial charge in [-0.2, -0.15) is 0 Å². The van der Waals surface area contributed by atoms with Crippen LogP contribution in [0.25, 0.3) is 0 Å². The van der Waals surface area contributed by atoms with E-state index < -0.39 is 0 Å². The molecule has 0 fully saturated rings. The summed E-state index contributed by atoms with van der Waals surface area (Å²) in [4.78, 5) is 27.3. The predicted octanol–water partition coefficient (Wildman–Crippen LogP) is 3.53. The molecule has 1 aromatic heterocycles. The van der Waals surface area contributed by atoms with Crippen LogP contribution in [0.5, 0.6) is 0 Å². The summed E-state index contributed by atoms with van der Waals surface area (Å²) in [6.45, 7) is 1.45. The van der Waals surface area contributed by atoms with Gasteiger partial charge in [0.05, 0.1) is 10.3 Å². The van der Waals surface area contributed by atoms with Gasteiger partial charge in [0.25, 0.3) is 0 Å². The molecule has 0 atom stereocenters. The van der Waals surface area contributed by atoms with Gasteiger partial charge >= 0.3 is 0 Å². The molecule has 2 heterocycles. The van der Waals surface area contributed by atoms with Gasteiger partial charge in [-0.3, -0.25) is 9.59 Å². The molecule has 0 aliphatic carbocycles. The average Bonchev–Trinajstić information content (AvgIpc) is 3.04. The fourth-order valence-corrected chi connectivity index (χ4v) is 4.52. The summed E-state index contributed by atoms with van der Waals surface area (Å²) in [5.41, 5.74) is 2.52. The lowest BCUT2D eigenvalue weighted by Gasteiger charge is -2.29. The van der Waals surface area contributed by atoms with Crippen LogP contribution in [-0.4, -0.2) is 29.8 Å². The summed E-state index contributed by atoms with van der Waals surface area (Å²) in [6.07, 6.45) is 3.02. The molecule has 0 radical (unpaired) electrons. The molecule has 2 aromatic rings. The number of hydrogen-bond donors (Lipinski definition) is 1. The Hall–Kier alpha value is -1.66. The molecule has 25 heavy (non-hydrogen) atoms. The molecule has 1 aromatic carbocycles. The second-order valence-electron chi connectivity index (χ2n) is 6.17. The maximum Gasteiger partial charge on any atom is 0.242 e. The van der Waals surface area contributed by atoms with E-state index in [4.69, 9.17) is 0 Å². The fourth-order valence-electron chi connectivity index (χ4n) is 2.99. The van der Waals surface area contributed by atoms with E-state index in [0.717, 1.165) is 29.6 Å². The van der Waals surface area contributed by atoms with Gasteiger partial charge in [0.1, 0.15) is 0 Å². The van der Waals surface area contributed by atoms with E-state index in [1.807, 2.05) is 23.1 Å². The van der Waals surface area contributed by atoms with Gasteiger partial charge in [0.2, 0.25) is 11.8 Å². The molecule has 2 amide bonds. The van der Waals surface area contributed by atoms with Gasteiger partial charge in [-0.15, -0.1) is 11.3 Å². The lowest BCUT2D eigenvalue weighted by Crippen LogP contribution is -2.42. The van der Waals surface area contributed by atoms with Gasteiger partial charge in [0, 0.05) is 24.4 Å². The van der Waals surface area contributed by atoms with Gasteiger partial charge in [-0.25, -0.2) is 0 Å². The van der Waals surface area contributed by atoms with Crippen LogP contribution in [-0.2, 0) is 29.0 Å². The van der Waals surface area contributed by atoms with E-state index in [0.29, 0.717) is 13.0 Å². The number of hydrogen-bond acceptors (Lipinski definition) is 3. The minimum atomic E-state index is -0.0543. The predicted molar refractivity (Wildman–Crippen MR) is 104 cm³/mol. The van der Waals surface area contributed by atoms with E-state index in [1.54, 1.807) is 11.3 Å². The highest BCUT2D eigenvalue weighted by Gasteiger charge is 2.20. The third kappa shape index (κ3) is 5.16. The third-order valence-electron chi connectivity index (χ3n) is 4.38. The molecule has 1 aliphatic heterocycles. The molecule has 0 spiro atoms. The molecule has 0 unspecified atom stereocenters. The summed E-state index contributed by atoms with van der Waals surface area (Å²) in [5.74, 6) is -0.0635. The van der Waals surface area contributed by atoms with Crippen LogP contribution in [0.15, 0.2) is 40.2 Å². The van der Waals surface area contributed by atoms with E-state index >= 15 is 0 Å². The number of fused-ring (bicyclic) bond motifs is 1. The summed E-state index contributed by atoms with van der Waals surface area (Å²) in [5, 5.41) is 2.76. The fraction of sp³-hybridized carbons (Fsp3) is 0.368. The largest absolute Gasteiger partial charge is 0.347 e. The lowest BCUT2D eigenvalue weighted by molar-refractivity contribution is -0.133. The summed E-state index contributed by atoms with van der Waals surface area (Å²) in [7, 11) is 0. The number of carbonyl (C=O) groups excluding carboxylic acids is 2. The Kier molecular flexibility index (Phi) is 6.26. The van der Waals surface area contributed by atoms with Crippen molar-refractivity contribution in [3.63, 3.8) is 0 Å². The number of rotatable bonds is 6. The molecule has 1 N–H and O–H groups in total. The topological polar surface area (TPSA) is 49.4 Å². The molecule has 1 aliphatic rings. The second kappa shape index (κ2) is 8.63. The van der Waals surface area contributed by atoms with Gasteiger partial charge in [-0.05, 0) is 58.5 Å². The SMILES string of the molecule is O=C(CCCc1ccc(Br)s1)NCC(=O)N1CCc2ccccc2C1. The Balaban J connectivity index is 1.38. The molecule has 6 heteroatoms. The molecule has 0 saturated heterocycles. The second-order valence-corrected chi connectivity index (χ2v) is 8.72. The molecular weight excluding hydrogens is 400 g/mol. The van der Waals surface area contributed by atoms with Gasteiger partial charge in [-0.1, -0.05) is 24.3 Å². The van der Waals surface area contributed by atoms with Crippen LogP contribution < -0.4 is 5.32 Å². The van der Waals surface area contributed by atoms with Crippen molar-refractivity contribution in [3.05, 3.63) is 56.2 Å². The number of carbonyl (C=O) groups is 2. The number of thiophene rings is 1. The van der Waals surface area contributed by atoms with Gasteiger partial charge in [0.15, 0.2) is 0 Å². The Labute approximate surface area is 160 Å². The Morgan fingerprint density at radius 2 is 1.96 bits per heavy atom. The minimum Gasteiger partial charge on any atom is -0.347 e. The van der Waals surface area contributed by atoms with Crippen molar-refractivity contribution in [2.75, 3.05) is 13.1 Å². The third-order valence-corrected chi connectivity index (χ3v) is 6.06. The zero-order valence-corrected chi connectivity index (χ0v) is 16.4. The highest BCUT2D eigenvalue weighted by molar-refractivity contribution is 9.11. The van der Waals surface area contributed by atoms with Gasteiger partial charge < -0.3 is 10.2 Å². The maximum absolute atomic E-state index is 12.3. The first-order valence-corrected chi connectivity index (χ1v) is 10.1. The first kappa shape index (κ1) is 18.1. The van der Waals surface area contributed by atoms with E-state index in [2.05, 4.69) is 39.4 Å².